The second-order valence-electron chi connectivity index (χ2n) is 5.62. The van der Waals surface area contributed by atoms with E-state index in [0.29, 0.717) is 18.9 Å². The normalized spacial score (nSPS) is 26.0. The predicted molar refractivity (Wildman–Crippen MR) is 76.1 cm³/mol. The summed E-state index contributed by atoms with van der Waals surface area (Å²) in [7, 11) is 0. The Morgan fingerprint density at radius 2 is 2.05 bits per heavy atom. The van der Waals surface area contributed by atoms with Gasteiger partial charge in [0.1, 0.15) is 5.69 Å². The largest absolute Gasteiger partial charge is 0.358 e. The van der Waals surface area contributed by atoms with Gasteiger partial charge in [0.25, 0.3) is 0 Å². The SMILES string of the molecule is O=[N+]([O-])c1cc(CO[C@@H]2CCCCO2)nn1[C@H]1CCCCO1. The molecule has 2 saturated heterocycles. The summed E-state index contributed by atoms with van der Waals surface area (Å²) in [5.41, 5.74) is 0.537. The Bertz CT molecular complexity index is 507. The van der Waals surface area contributed by atoms with Gasteiger partial charge in [-0.25, -0.2) is 0 Å². The van der Waals surface area contributed by atoms with Gasteiger partial charge in [-0.15, -0.1) is 4.68 Å². The van der Waals surface area contributed by atoms with Gasteiger partial charge in [0.05, 0.1) is 19.3 Å². The fourth-order valence-electron chi connectivity index (χ4n) is 2.79. The summed E-state index contributed by atoms with van der Waals surface area (Å²) in [5.74, 6) is -0.0462. The highest BCUT2D eigenvalue weighted by Crippen LogP contribution is 2.27. The predicted octanol–water partition coefficient (Wildman–Crippen LogP) is 2.53. The highest BCUT2D eigenvalue weighted by Gasteiger charge is 2.29. The van der Waals surface area contributed by atoms with Gasteiger partial charge < -0.3 is 24.3 Å². The van der Waals surface area contributed by atoms with E-state index in [1.165, 1.54) is 10.7 Å². The second-order valence-corrected chi connectivity index (χ2v) is 5.62. The standard InChI is InChI=1S/C14H21N3O5/c18-17(19)12-9-11(10-22-14-6-2-4-8-21-14)15-16(12)13-5-1-3-7-20-13/h9,13-14H,1-8,10H2/t13-,14-/m1/s1. The van der Waals surface area contributed by atoms with Crippen molar-refractivity contribution in [2.75, 3.05) is 13.2 Å². The van der Waals surface area contributed by atoms with Crippen molar-refractivity contribution in [1.82, 2.24) is 9.78 Å². The van der Waals surface area contributed by atoms with Gasteiger partial charge in [0.2, 0.25) is 6.23 Å². The van der Waals surface area contributed by atoms with Gasteiger partial charge in [0.15, 0.2) is 6.29 Å². The molecule has 0 N–H and O–H groups in total. The topological polar surface area (TPSA) is 88.7 Å². The molecule has 2 fully saturated rings. The monoisotopic (exact) mass is 311 g/mol. The lowest BCUT2D eigenvalue weighted by atomic mass is 10.2. The lowest BCUT2D eigenvalue weighted by Crippen LogP contribution is -2.22. The molecule has 0 bridgehead atoms. The molecule has 0 aromatic carbocycles. The van der Waals surface area contributed by atoms with Crippen molar-refractivity contribution < 1.29 is 19.1 Å². The molecule has 2 aliphatic heterocycles. The number of rotatable bonds is 5. The van der Waals surface area contributed by atoms with Crippen LogP contribution in [0.3, 0.4) is 0 Å². The van der Waals surface area contributed by atoms with Crippen LogP contribution < -0.4 is 0 Å². The van der Waals surface area contributed by atoms with Crippen LogP contribution in [0.4, 0.5) is 5.82 Å². The van der Waals surface area contributed by atoms with Crippen molar-refractivity contribution in [3.63, 3.8) is 0 Å². The first-order valence-electron chi connectivity index (χ1n) is 7.81. The Hall–Kier alpha value is -1.51. The van der Waals surface area contributed by atoms with Crippen LogP contribution in [-0.4, -0.2) is 34.2 Å². The molecule has 8 heteroatoms. The molecular formula is C14H21N3O5. The minimum Gasteiger partial charge on any atom is -0.358 e. The van der Waals surface area contributed by atoms with E-state index in [0.717, 1.165) is 38.5 Å². The summed E-state index contributed by atoms with van der Waals surface area (Å²) < 4.78 is 18.1. The molecule has 122 valence electrons. The summed E-state index contributed by atoms with van der Waals surface area (Å²) in [6.45, 7) is 1.53. The van der Waals surface area contributed by atoms with E-state index in [1.807, 2.05) is 0 Å². The number of nitrogens with zero attached hydrogens (tertiary/aromatic N) is 3. The van der Waals surface area contributed by atoms with Crippen LogP contribution in [0.5, 0.6) is 0 Å². The first-order chi connectivity index (χ1) is 10.7. The molecule has 22 heavy (non-hydrogen) atoms. The van der Waals surface area contributed by atoms with Crippen LogP contribution in [-0.2, 0) is 20.8 Å². The zero-order valence-corrected chi connectivity index (χ0v) is 12.5. The Morgan fingerprint density at radius 3 is 2.68 bits per heavy atom. The van der Waals surface area contributed by atoms with Crippen LogP contribution in [0.15, 0.2) is 6.07 Å². The van der Waals surface area contributed by atoms with Gasteiger partial charge in [-0.05, 0) is 37.0 Å². The maximum Gasteiger partial charge on any atom is 0.347 e. The van der Waals surface area contributed by atoms with Gasteiger partial charge >= 0.3 is 5.82 Å². The van der Waals surface area contributed by atoms with Gasteiger partial charge in [-0.2, -0.15) is 0 Å². The van der Waals surface area contributed by atoms with E-state index in [-0.39, 0.29) is 24.9 Å². The molecule has 2 atom stereocenters. The Kier molecular flexibility index (Phi) is 5.01. The van der Waals surface area contributed by atoms with Crippen LogP contribution in [0.1, 0.15) is 50.4 Å². The lowest BCUT2D eigenvalue weighted by Gasteiger charge is -2.22. The molecule has 0 radical (unpaired) electrons. The lowest BCUT2D eigenvalue weighted by molar-refractivity contribution is -0.394. The van der Waals surface area contributed by atoms with Crippen molar-refractivity contribution >= 4 is 5.82 Å². The number of ether oxygens (including phenoxy) is 3. The third-order valence-electron chi connectivity index (χ3n) is 3.94. The zero-order valence-electron chi connectivity index (χ0n) is 12.5. The van der Waals surface area contributed by atoms with Gasteiger partial charge in [-0.3, -0.25) is 0 Å². The molecule has 0 amide bonds. The van der Waals surface area contributed by atoms with E-state index in [2.05, 4.69) is 5.10 Å². The highest BCUT2D eigenvalue weighted by atomic mass is 16.7. The van der Waals surface area contributed by atoms with Crippen LogP contribution in [0.2, 0.25) is 0 Å². The van der Waals surface area contributed by atoms with E-state index in [9.17, 15) is 10.1 Å². The first-order valence-corrected chi connectivity index (χ1v) is 7.81. The first kappa shape index (κ1) is 15.4. The third kappa shape index (κ3) is 3.63. The second kappa shape index (κ2) is 7.17. The summed E-state index contributed by atoms with van der Waals surface area (Å²) in [4.78, 5) is 10.8. The fraction of sp³-hybridized carbons (Fsp3) is 0.786. The zero-order chi connectivity index (χ0) is 15.4. The smallest absolute Gasteiger partial charge is 0.347 e. The van der Waals surface area contributed by atoms with Crippen molar-refractivity contribution in [2.24, 2.45) is 0 Å². The van der Waals surface area contributed by atoms with E-state index < -0.39 is 4.92 Å². The summed E-state index contributed by atoms with van der Waals surface area (Å²) >= 11 is 0. The number of aromatic nitrogens is 2. The molecule has 3 heterocycles. The summed E-state index contributed by atoms with van der Waals surface area (Å²) in [5, 5.41) is 15.5. The minimum atomic E-state index is -0.425. The number of hydrogen-bond donors (Lipinski definition) is 0. The van der Waals surface area contributed by atoms with Crippen molar-refractivity contribution in [1.29, 1.82) is 0 Å². The van der Waals surface area contributed by atoms with E-state index >= 15 is 0 Å². The van der Waals surface area contributed by atoms with Crippen molar-refractivity contribution in [3.05, 3.63) is 21.9 Å². The van der Waals surface area contributed by atoms with Crippen LogP contribution >= 0.6 is 0 Å². The van der Waals surface area contributed by atoms with Crippen LogP contribution in [0, 0.1) is 10.1 Å². The molecule has 0 saturated carbocycles. The van der Waals surface area contributed by atoms with Crippen LogP contribution in [0.25, 0.3) is 0 Å². The number of hydrogen-bond acceptors (Lipinski definition) is 6. The van der Waals surface area contributed by atoms with E-state index in [1.54, 1.807) is 0 Å². The molecule has 3 rings (SSSR count). The average molecular weight is 311 g/mol. The molecule has 1 aromatic heterocycles. The maximum atomic E-state index is 11.2. The highest BCUT2D eigenvalue weighted by molar-refractivity contribution is 5.23. The third-order valence-corrected chi connectivity index (χ3v) is 3.94. The maximum absolute atomic E-state index is 11.2. The fourth-order valence-corrected chi connectivity index (χ4v) is 2.79. The molecule has 2 aliphatic rings. The molecule has 1 aromatic rings. The Labute approximate surface area is 128 Å². The number of nitro groups is 1. The van der Waals surface area contributed by atoms with Crippen molar-refractivity contribution in [2.45, 2.75) is 57.6 Å². The molecule has 0 aliphatic carbocycles. The summed E-state index contributed by atoms with van der Waals surface area (Å²) in [6.07, 6.45) is 5.12. The average Bonchev–Trinajstić information content (AvgIpc) is 2.99. The van der Waals surface area contributed by atoms with Crippen molar-refractivity contribution in [3.8, 4) is 0 Å². The molecule has 0 spiro atoms. The van der Waals surface area contributed by atoms with Gasteiger partial charge in [0, 0.05) is 13.0 Å². The molecule has 0 unspecified atom stereocenters. The Balaban J connectivity index is 1.67. The quantitative estimate of drug-likeness (QED) is 0.613. The minimum absolute atomic E-state index is 0.0462. The molecular weight excluding hydrogens is 290 g/mol. The Morgan fingerprint density at radius 1 is 1.27 bits per heavy atom. The van der Waals surface area contributed by atoms with E-state index in [4.69, 9.17) is 14.2 Å². The van der Waals surface area contributed by atoms with Gasteiger partial charge in [-0.1, -0.05) is 5.10 Å². The summed E-state index contributed by atoms with van der Waals surface area (Å²) in [6, 6.07) is 1.46. The molecule has 8 nitrogen and oxygen atoms in total.